The van der Waals surface area contributed by atoms with Gasteiger partial charge in [-0.25, -0.2) is 0 Å². The van der Waals surface area contributed by atoms with Crippen molar-refractivity contribution in [2.75, 3.05) is 14.1 Å². The molecule has 1 rings (SSSR count). The molecule has 0 bridgehead atoms. The van der Waals surface area contributed by atoms with Gasteiger partial charge >= 0.3 is 0 Å². The molecule has 1 aliphatic rings. The highest BCUT2D eigenvalue weighted by molar-refractivity contribution is 4.81. The van der Waals surface area contributed by atoms with E-state index in [2.05, 4.69) is 25.9 Å². The van der Waals surface area contributed by atoms with E-state index in [0.717, 1.165) is 0 Å². The van der Waals surface area contributed by atoms with Crippen LogP contribution >= 0.6 is 0 Å². The summed E-state index contributed by atoms with van der Waals surface area (Å²) < 4.78 is 5.64. The quantitative estimate of drug-likeness (QED) is 0.162. The molecule has 0 aliphatic carbocycles. The van der Waals surface area contributed by atoms with E-state index in [0.29, 0.717) is 12.3 Å². The highest BCUT2D eigenvalue weighted by atomic mass is 16.6. The molecular weight excluding hydrogens is 318 g/mol. The zero-order chi connectivity index (χ0) is 18.9. The minimum absolute atomic E-state index is 0.417. The predicted octanol–water partition coefficient (Wildman–Crippen LogP) is 7.70. The van der Waals surface area contributed by atoms with Crippen LogP contribution in [0.3, 0.4) is 0 Å². The van der Waals surface area contributed by atoms with Crippen molar-refractivity contribution in [3.05, 3.63) is 0 Å². The summed E-state index contributed by atoms with van der Waals surface area (Å²) in [5, 5.41) is 0. The largest absolute Gasteiger partial charge is 0.353 e. The molecule has 0 aromatic carbocycles. The Hall–Kier alpha value is -0.0800. The summed E-state index contributed by atoms with van der Waals surface area (Å²) in [4.78, 5) is 2.19. The minimum atomic E-state index is 0.417. The first kappa shape index (κ1) is 24.0. The molecule has 1 aliphatic heterocycles. The van der Waals surface area contributed by atoms with Gasteiger partial charge in [0.1, 0.15) is 6.23 Å². The normalized spacial score (nSPS) is 19.4. The smallest absolute Gasteiger partial charge is 0.137 e. The molecule has 0 spiro atoms. The van der Waals surface area contributed by atoms with Crippen LogP contribution in [-0.4, -0.2) is 31.3 Å². The number of likely N-dealkylation sites (N-methyl/N-ethyl adjacent to an activating group) is 1. The Morgan fingerprint density at radius 1 is 0.538 bits per heavy atom. The van der Waals surface area contributed by atoms with Crippen LogP contribution in [0.15, 0.2) is 0 Å². The molecule has 2 unspecified atom stereocenters. The molecule has 156 valence electrons. The van der Waals surface area contributed by atoms with Gasteiger partial charge < -0.3 is 4.74 Å². The summed E-state index contributed by atoms with van der Waals surface area (Å²) in [5.74, 6) is 0. The number of unbranched alkanes of at least 4 members (excludes halogenated alkanes) is 17. The summed E-state index contributed by atoms with van der Waals surface area (Å²) in [5.41, 5.74) is 0. The van der Waals surface area contributed by atoms with E-state index in [1.54, 1.807) is 0 Å². The van der Waals surface area contributed by atoms with Crippen molar-refractivity contribution in [3.63, 3.8) is 0 Å². The third-order valence-corrected chi connectivity index (χ3v) is 5.91. The van der Waals surface area contributed by atoms with Crippen molar-refractivity contribution in [2.45, 2.75) is 141 Å². The topological polar surface area (TPSA) is 15.8 Å². The first-order valence-electron chi connectivity index (χ1n) is 12.1. The third-order valence-electron chi connectivity index (χ3n) is 5.91. The minimum Gasteiger partial charge on any atom is -0.353 e. The summed E-state index contributed by atoms with van der Waals surface area (Å²) in [6.07, 6.45) is 28.3. The van der Waals surface area contributed by atoms with E-state index in [9.17, 15) is 0 Å². The number of ether oxygens (including phenoxy) is 1. The van der Waals surface area contributed by atoms with Gasteiger partial charge in [-0.1, -0.05) is 122 Å². The number of nitrogens with zero attached hydrogens (tertiary/aromatic N) is 1. The molecule has 1 fully saturated rings. The van der Waals surface area contributed by atoms with Crippen molar-refractivity contribution in [1.82, 2.24) is 4.90 Å². The maximum Gasteiger partial charge on any atom is 0.137 e. The van der Waals surface area contributed by atoms with E-state index in [4.69, 9.17) is 4.74 Å². The van der Waals surface area contributed by atoms with Crippen molar-refractivity contribution in [3.8, 4) is 0 Å². The molecule has 26 heavy (non-hydrogen) atoms. The summed E-state index contributed by atoms with van der Waals surface area (Å²) >= 11 is 0. The molecule has 2 nitrogen and oxygen atoms in total. The van der Waals surface area contributed by atoms with Gasteiger partial charge in [0.2, 0.25) is 0 Å². The Morgan fingerprint density at radius 2 is 0.885 bits per heavy atom. The van der Waals surface area contributed by atoms with Gasteiger partial charge in [-0.3, -0.25) is 4.90 Å². The highest BCUT2D eigenvalue weighted by Crippen LogP contribution is 2.28. The Labute approximate surface area is 165 Å². The average Bonchev–Trinajstić information content (AvgIpc) is 3.40. The van der Waals surface area contributed by atoms with Crippen LogP contribution in [0.2, 0.25) is 0 Å². The summed E-state index contributed by atoms with van der Waals surface area (Å²) in [7, 11) is 4.22. The van der Waals surface area contributed by atoms with Gasteiger partial charge in [0.25, 0.3) is 0 Å². The van der Waals surface area contributed by atoms with Crippen LogP contribution in [0, 0.1) is 0 Å². The van der Waals surface area contributed by atoms with Gasteiger partial charge in [-0.15, -0.1) is 0 Å². The lowest BCUT2D eigenvalue weighted by atomic mass is 10.0. The molecule has 0 radical (unpaired) electrons. The van der Waals surface area contributed by atoms with Crippen LogP contribution in [-0.2, 0) is 4.74 Å². The van der Waals surface area contributed by atoms with Gasteiger partial charge in [-0.05, 0) is 20.5 Å². The summed E-state index contributed by atoms with van der Waals surface area (Å²) in [6, 6.07) is 0. The first-order valence-corrected chi connectivity index (χ1v) is 12.1. The van der Waals surface area contributed by atoms with Crippen molar-refractivity contribution in [1.29, 1.82) is 0 Å². The van der Waals surface area contributed by atoms with Crippen molar-refractivity contribution >= 4 is 0 Å². The second kappa shape index (κ2) is 17.0. The zero-order valence-electron chi connectivity index (χ0n) is 18.4. The van der Waals surface area contributed by atoms with Crippen LogP contribution in [0.5, 0.6) is 0 Å². The van der Waals surface area contributed by atoms with E-state index >= 15 is 0 Å². The second-order valence-electron chi connectivity index (χ2n) is 8.83. The molecule has 0 amide bonds. The van der Waals surface area contributed by atoms with Gasteiger partial charge in [0.05, 0.1) is 6.10 Å². The second-order valence-corrected chi connectivity index (χ2v) is 8.83. The van der Waals surface area contributed by atoms with E-state index < -0.39 is 0 Å². The molecule has 0 saturated carbocycles. The van der Waals surface area contributed by atoms with E-state index in [1.165, 1.54) is 122 Å². The number of hydrogen-bond acceptors (Lipinski definition) is 2. The summed E-state index contributed by atoms with van der Waals surface area (Å²) in [6.45, 7) is 2.30. The average molecular weight is 368 g/mol. The molecular formula is C24H49NO. The lowest BCUT2D eigenvalue weighted by Crippen LogP contribution is -2.17. The predicted molar refractivity (Wildman–Crippen MR) is 116 cm³/mol. The van der Waals surface area contributed by atoms with Gasteiger partial charge in [-0.2, -0.15) is 0 Å². The van der Waals surface area contributed by atoms with E-state index in [1.807, 2.05) is 0 Å². The molecule has 0 N–H and O–H groups in total. The fourth-order valence-corrected chi connectivity index (χ4v) is 4.05. The standard InChI is InChI=1S/C24H49NO/c1-4-5-6-7-8-9-10-11-12-13-14-15-16-17-18-19-20-21-22-23-24(26-23)25(2)3/h23-24H,4-22H2,1-3H3. The SMILES string of the molecule is CCCCCCCCCCCCCCCCCCCCC1OC1N(C)C. The number of rotatable bonds is 20. The molecule has 2 heteroatoms. The lowest BCUT2D eigenvalue weighted by Gasteiger charge is -2.04. The Kier molecular flexibility index (Phi) is 15.7. The van der Waals surface area contributed by atoms with Crippen LogP contribution in [0.4, 0.5) is 0 Å². The fourth-order valence-electron chi connectivity index (χ4n) is 4.05. The fraction of sp³-hybridized carbons (Fsp3) is 1.00. The zero-order valence-corrected chi connectivity index (χ0v) is 18.4. The van der Waals surface area contributed by atoms with E-state index in [-0.39, 0.29) is 0 Å². The Balaban J connectivity index is 1.64. The van der Waals surface area contributed by atoms with Crippen LogP contribution in [0.25, 0.3) is 0 Å². The molecule has 0 aromatic heterocycles. The Bertz CT molecular complexity index is 292. The lowest BCUT2D eigenvalue weighted by molar-refractivity contribution is 0.243. The van der Waals surface area contributed by atoms with Crippen molar-refractivity contribution < 1.29 is 4.74 Å². The van der Waals surface area contributed by atoms with Crippen molar-refractivity contribution in [2.24, 2.45) is 0 Å². The molecule has 0 aromatic rings. The van der Waals surface area contributed by atoms with Crippen LogP contribution in [0.1, 0.15) is 129 Å². The van der Waals surface area contributed by atoms with Gasteiger partial charge in [0.15, 0.2) is 0 Å². The highest BCUT2D eigenvalue weighted by Gasteiger charge is 2.39. The monoisotopic (exact) mass is 367 g/mol. The van der Waals surface area contributed by atoms with Crippen LogP contribution < -0.4 is 0 Å². The molecule has 2 atom stereocenters. The third kappa shape index (κ3) is 14.0. The maximum absolute atomic E-state index is 5.64. The maximum atomic E-state index is 5.64. The number of epoxide rings is 1. The molecule has 1 saturated heterocycles. The van der Waals surface area contributed by atoms with Gasteiger partial charge in [0, 0.05) is 0 Å². The first-order chi connectivity index (χ1) is 12.8. The molecule has 1 heterocycles. The number of hydrogen-bond donors (Lipinski definition) is 0. The Morgan fingerprint density at radius 3 is 1.19 bits per heavy atom.